The lowest BCUT2D eigenvalue weighted by atomic mass is 10.3. The first-order chi connectivity index (χ1) is 6.83. The van der Waals surface area contributed by atoms with Crippen molar-refractivity contribution in [1.29, 1.82) is 0 Å². The Balaban J connectivity index is 2.21. The molecule has 0 aliphatic rings. The van der Waals surface area contributed by atoms with Crippen molar-refractivity contribution in [3.05, 3.63) is 34.2 Å². The first kappa shape index (κ1) is 10.9. The van der Waals surface area contributed by atoms with E-state index < -0.39 is 0 Å². The number of rotatable bonds is 6. The lowest BCUT2D eigenvalue weighted by molar-refractivity contribution is 0.618. The van der Waals surface area contributed by atoms with Crippen LogP contribution in [0.1, 0.15) is 12.1 Å². The van der Waals surface area contributed by atoms with Crippen LogP contribution in [-0.2, 0) is 6.54 Å². The molecule has 0 aromatic carbocycles. The smallest absolute Gasteiger partial charge is 0.248 e. The van der Waals surface area contributed by atoms with E-state index in [0.29, 0.717) is 0 Å². The highest BCUT2D eigenvalue weighted by Gasteiger charge is 1.92. The first-order valence-corrected chi connectivity index (χ1v) is 4.86. The highest BCUT2D eigenvalue weighted by atomic mass is 16.1. The van der Waals surface area contributed by atoms with Gasteiger partial charge in [0.15, 0.2) is 0 Å². The predicted octanol–water partition coefficient (Wildman–Crippen LogP) is 0.0740. The average molecular weight is 195 g/mol. The van der Waals surface area contributed by atoms with E-state index in [9.17, 15) is 4.79 Å². The molecule has 0 amide bonds. The normalized spacial score (nSPS) is 10.4. The third-order valence-corrected chi connectivity index (χ3v) is 1.92. The SMILES string of the molecule is CNCCCNCc1cccc(=O)[nH]1. The van der Waals surface area contributed by atoms with Gasteiger partial charge in [-0.05, 0) is 32.6 Å². The van der Waals surface area contributed by atoms with Crippen LogP contribution in [0.4, 0.5) is 0 Å². The monoisotopic (exact) mass is 195 g/mol. The number of H-pyrrole nitrogens is 1. The number of hydrogen-bond acceptors (Lipinski definition) is 3. The van der Waals surface area contributed by atoms with Crippen molar-refractivity contribution in [3.63, 3.8) is 0 Å². The molecule has 0 bridgehead atoms. The van der Waals surface area contributed by atoms with Crippen LogP contribution in [-0.4, -0.2) is 25.1 Å². The summed E-state index contributed by atoms with van der Waals surface area (Å²) in [7, 11) is 1.94. The van der Waals surface area contributed by atoms with Gasteiger partial charge in [0.2, 0.25) is 5.56 Å². The van der Waals surface area contributed by atoms with E-state index in [2.05, 4.69) is 15.6 Å². The van der Waals surface area contributed by atoms with Gasteiger partial charge in [0.25, 0.3) is 0 Å². The molecule has 0 aliphatic heterocycles. The van der Waals surface area contributed by atoms with Gasteiger partial charge in [-0.3, -0.25) is 4.79 Å². The van der Waals surface area contributed by atoms with Crippen molar-refractivity contribution in [3.8, 4) is 0 Å². The number of aromatic amines is 1. The van der Waals surface area contributed by atoms with Crippen molar-refractivity contribution in [2.75, 3.05) is 20.1 Å². The quantitative estimate of drug-likeness (QED) is 0.563. The standard InChI is InChI=1S/C10H17N3O/c1-11-6-3-7-12-8-9-4-2-5-10(14)13-9/h2,4-5,11-12H,3,6-8H2,1H3,(H,13,14). The van der Waals surface area contributed by atoms with Gasteiger partial charge < -0.3 is 15.6 Å². The summed E-state index contributed by atoms with van der Waals surface area (Å²) in [5.74, 6) is 0. The molecule has 1 rings (SSSR count). The van der Waals surface area contributed by atoms with Crippen molar-refractivity contribution in [1.82, 2.24) is 15.6 Å². The van der Waals surface area contributed by atoms with Gasteiger partial charge >= 0.3 is 0 Å². The molecule has 0 spiro atoms. The van der Waals surface area contributed by atoms with Crippen LogP contribution in [0.3, 0.4) is 0 Å². The van der Waals surface area contributed by atoms with E-state index in [-0.39, 0.29) is 5.56 Å². The molecule has 1 heterocycles. The maximum atomic E-state index is 10.9. The zero-order valence-corrected chi connectivity index (χ0v) is 8.47. The van der Waals surface area contributed by atoms with Crippen LogP contribution in [0.2, 0.25) is 0 Å². The summed E-state index contributed by atoms with van der Waals surface area (Å²) in [4.78, 5) is 13.7. The summed E-state index contributed by atoms with van der Waals surface area (Å²) < 4.78 is 0. The van der Waals surface area contributed by atoms with Gasteiger partial charge in [0.05, 0.1) is 0 Å². The molecule has 0 radical (unpaired) electrons. The summed E-state index contributed by atoms with van der Waals surface area (Å²) in [6, 6.07) is 5.19. The van der Waals surface area contributed by atoms with Gasteiger partial charge in [0.1, 0.15) is 0 Å². The van der Waals surface area contributed by atoms with Crippen molar-refractivity contribution >= 4 is 0 Å². The predicted molar refractivity (Wildman–Crippen MR) is 57.3 cm³/mol. The molecule has 3 N–H and O–H groups in total. The Kier molecular flexibility index (Phi) is 4.96. The van der Waals surface area contributed by atoms with E-state index in [1.165, 1.54) is 6.07 Å². The second-order valence-corrected chi connectivity index (χ2v) is 3.17. The molecule has 1 aromatic rings. The van der Waals surface area contributed by atoms with Crippen LogP contribution in [0, 0.1) is 0 Å². The van der Waals surface area contributed by atoms with Crippen molar-refractivity contribution in [2.45, 2.75) is 13.0 Å². The molecule has 0 unspecified atom stereocenters. The van der Waals surface area contributed by atoms with Crippen LogP contribution in [0.5, 0.6) is 0 Å². The molecule has 4 nitrogen and oxygen atoms in total. The molecule has 0 saturated heterocycles. The minimum absolute atomic E-state index is 0.0421. The van der Waals surface area contributed by atoms with E-state index in [4.69, 9.17) is 0 Å². The number of hydrogen-bond donors (Lipinski definition) is 3. The largest absolute Gasteiger partial charge is 0.325 e. The molecule has 4 heteroatoms. The fraction of sp³-hybridized carbons (Fsp3) is 0.500. The fourth-order valence-corrected chi connectivity index (χ4v) is 1.21. The molecular formula is C10H17N3O. The zero-order chi connectivity index (χ0) is 10.2. The van der Waals surface area contributed by atoms with Crippen molar-refractivity contribution < 1.29 is 0 Å². The minimum atomic E-state index is -0.0421. The molecule has 0 atom stereocenters. The summed E-state index contributed by atoms with van der Waals surface area (Å²) in [6.45, 7) is 2.69. The Morgan fingerprint density at radius 1 is 1.36 bits per heavy atom. The summed E-state index contributed by atoms with van der Waals surface area (Å²) in [5.41, 5.74) is 0.890. The van der Waals surface area contributed by atoms with Crippen LogP contribution < -0.4 is 16.2 Å². The van der Waals surface area contributed by atoms with E-state index in [1.807, 2.05) is 13.1 Å². The van der Waals surface area contributed by atoms with Crippen LogP contribution in [0.25, 0.3) is 0 Å². The number of pyridine rings is 1. The molecule has 0 saturated carbocycles. The lowest BCUT2D eigenvalue weighted by Crippen LogP contribution is -2.21. The van der Waals surface area contributed by atoms with Gasteiger partial charge in [-0.2, -0.15) is 0 Å². The van der Waals surface area contributed by atoms with Crippen LogP contribution >= 0.6 is 0 Å². The Bertz CT molecular complexity index is 308. The van der Waals surface area contributed by atoms with Crippen molar-refractivity contribution in [2.24, 2.45) is 0 Å². The maximum absolute atomic E-state index is 10.9. The average Bonchev–Trinajstić information content (AvgIpc) is 2.18. The maximum Gasteiger partial charge on any atom is 0.248 e. The van der Waals surface area contributed by atoms with E-state index in [0.717, 1.165) is 31.7 Å². The molecule has 0 fully saturated rings. The van der Waals surface area contributed by atoms with Gasteiger partial charge in [-0.25, -0.2) is 0 Å². The highest BCUT2D eigenvalue weighted by molar-refractivity contribution is 5.03. The summed E-state index contributed by atoms with van der Waals surface area (Å²) in [5, 5.41) is 6.33. The van der Waals surface area contributed by atoms with Crippen LogP contribution in [0.15, 0.2) is 23.0 Å². The van der Waals surface area contributed by atoms with E-state index >= 15 is 0 Å². The molecule has 14 heavy (non-hydrogen) atoms. The molecule has 78 valence electrons. The van der Waals surface area contributed by atoms with Gasteiger partial charge in [-0.15, -0.1) is 0 Å². The third-order valence-electron chi connectivity index (χ3n) is 1.92. The molecule has 1 aromatic heterocycles. The van der Waals surface area contributed by atoms with E-state index in [1.54, 1.807) is 6.07 Å². The second-order valence-electron chi connectivity index (χ2n) is 3.17. The van der Waals surface area contributed by atoms with Gasteiger partial charge in [-0.1, -0.05) is 6.07 Å². The van der Waals surface area contributed by atoms with Gasteiger partial charge in [0, 0.05) is 18.3 Å². The number of nitrogens with one attached hydrogen (secondary N) is 3. The topological polar surface area (TPSA) is 56.9 Å². The Labute approximate surface area is 83.7 Å². The summed E-state index contributed by atoms with van der Waals surface area (Å²) >= 11 is 0. The summed E-state index contributed by atoms with van der Waals surface area (Å²) in [6.07, 6.45) is 1.09. The molecule has 0 aliphatic carbocycles. The Morgan fingerprint density at radius 3 is 2.93 bits per heavy atom. The highest BCUT2D eigenvalue weighted by Crippen LogP contribution is 1.88. The Hall–Kier alpha value is -1.13. The zero-order valence-electron chi connectivity index (χ0n) is 8.47. The second kappa shape index (κ2) is 6.34. The lowest BCUT2D eigenvalue weighted by Gasteiger charge is -2.03. The minimum Gasteiger partial charge on any atom is -0.325 e. The number of aromatic nitrogens is 1. The fourth-order valence-electron chi connectivity index (χ4n) is 1.21. The third kappa shape index (κ3) is 4.20. The molecular weight excluding hydrogens is 178 g/mol. The Morgan fingerprint density at radius 2 is 2.21 bits per heavy atom. The first-order valence-electron chi connectivity index (χ1n) is 4.86.